The van der Waals surface area contributed by atoms with Crippen LogP contribution in [0.4, 0.5) is 0 Å². The largest absolute Gasteiger partial charge is 0.489 e. The highest BCUT2D eigenvalue weighted by Crippen LogP contribution is 2.29. The van der Waals surface area contributed by atoms with E-state index in [1.54, 1.807) is 66.3 Å². The fourth-order valence-corrected chi connectivity index (χ4v) is 2.84. The minimum Gasteiger partial charge on any atom is -0.489 e. The Morgan fingerprint density at radius 3 is 2.18 bits per heavy atom. The van der Waals surface area contributed by atoms with Crippen LogP contribution in [-0.2, 0) is 11.9 Å². The summed E-state index contributed by atoms with van der Waals surface area (Å²) in [6.45, 7) is 2.22. The predicted molar refractivity (Wildman–Crippen MR) is 129 cm³/mol. The normalized spacial score (nSPS) is 10.5. The van der Waals surface area contributed by atoms with Crippen LogP contribution in [0, 0.1) is 19.3 Å². The van der Waals surface area contributed by atoms with Crippen molar-refractivity contribution in [3.8, 4) is 41.2 Å². The summed E-state index contributed by atoms with van der Waals surface area (Å²) in [5.74, 6) is 5.47. The molecule has 7 nitrogen and oxygen atoms in total. The summed E-state index contributed by atoms with van der Waals surface area (Å²) >= 11 is 11.1. The van der Waals surface area contributed by atoms with Gasteiger partial charge in [0.05, 0.1) is 17.5 Å². The molecule has 0 N–H and O–H groups in total. The van der Waals surface area contributed by atoms with Gasteiger partial charge in [-0.05, 0) is 61.5 Å². The van der Waals surface area contributed by atoms with Gasteiger partial charge in [-0.3, -0.25) is 0 Å². The monoisotopic (exact) mass is 485 g/mol. The Labute approximate surface area is 202 Å². The zero-order chi connectivity index (χ0) is 23.6. The number of aryl methyl sites for hydroxylation is 2. The summed E-state index contributed by atoms with van der Waals surface area (Å²) in [5.41, 5.74) is 1.44. The van der Waals surface area contributed by atoms with Crippen molar-refractivity contribution in [1.29, 1.82) is 0 Å². The van der Waals surface area contributed by atoms with Crippen molar-refractivity contribution in [1.82, 2.24) is 9.78 Å². The van der Waals surface area contributed by atoms with E-state index >= 15 is 0 Å². The highest BCUT2D eigenvalue weighted by atomic mass is 35.5. The van der Waals surface area contributed by atoms with Gasteiger partial charge in [0.15, 0.2) is 6.61 Å². The molecule has 0 spiro atoms. The van der Waals surface area contributed by atoms with Crippen molar-refractivity contribution in [2.75, 3.05) is 13.2 Å². The molecule has 33 heavy (non-hydrogen) atoms. The zero-order valence-electron chi connectivity index (χ0n) is 18.0. The fraction of sp³-hybridized carbons (Fsp3) is 0.167. The Hall–Kier alpha value is -3.60. The molecular weight excluding hydrogens is 465 g/mol. The summed E-state index contributed by atoms with van der Waals surface area (Å²) in [6.07, 6.45) is 8.24. The van der Waals surface area contributed by atoms with E-state index in [0.717, 1.165) is 5.69 Å². The third-order valence-electron chi connectivity index (χ3n) is 4.20. The van der Waals surface area contributed by atoms with Gasteiger partial charge in [-0.2, -0.15) is 5.10 Å². The lowest BCUT2D eigenvalue weighted by Crippen LogP contribution is -1.97. The van der Waals surface area contributed by atoms with Crippen LogP contribution in [-0.4, -0.2) is 29.2 Å². The van der Waals surface area contributed by atoms with E-state index in [0.29, 0.717) is 34.4 Å². The lowest BCUT2D eigenvalue weighted by Gasteiger charge is -2.10. The first-order valence-electron chi connectivity index (χ1n) is 9.78. The number of ether oxygens (including phenoxy) is 3. The Balaban J connectivity index is 1.63. The van der Waals surface area contributed by atoms with Gasteiger partial charge < -0.3 is 19.0 Å². The number of nitrogens with zero attached hydrogens (tertiary/aromatic N) is 3. The average Bonchev–Trinajstić information content (AvgIpc) is 3.06. The van der Waals surface area contributed by atoms with E-state index in [4.69, 9.17) is 48.7 Å². The van der Waals surface area contributed by atoms with E-state index in [9.17, 15) is 0 Å². The molecule has 3 aromatic rings. The molecule has 1 aromatic heterocycles. The lowest BCUT2D eigenvalue weighted by atomic mass is 10.2. The molecule has 0 aliphatic carbocycles. The van der Waals surface area contributed by atoms with Crippen molar-refractivity contribution in [3.63, 3.8) is 0 Å². The molecular formula is C24H21Cl2N3O4. The maximum atomic E-state index is 6.01. The van der Waals surface area contributed by atoms with Crippen LogP contribution in [0.5, 0.6) is 28.9 Å². The second-order valence-corrected chi connectivity index (χ2v) is 7.60. The lowest BCUT2D eigenvalue weighted by molar-refractivity contribution is 0.181. The fourth-order valence-electron chi connectivity index (χ4n) is 2.72. The molecule has 0 aliphatic heterocycles. The Morgan fingerprint density at radius 2 is 1.61 bits per heavy atom. The summed E-state index contributed by atoms with van der Waals surface area (Å²) in [7, 11) is 1.79. The Morgan fingerprint density at radius 1 is 1.03 bits per heavy atom. The minimum absolute atomic E-state index is 0.0868. The van der Waals surface area contributed by atoms with Crippen molar-refractivity contribution in [3.05, 3.63) is 70.4 Å². The summed E-state index contributed by atoms with van der Waals surface area (Å²) in [6, 6.07) is 14.4. The molecule has 0 saturated heterocycles. The molecule has 0 unspecified atom stereocenters. The standard InChI is InChI=1S/C24H21Cl2N3O4/c1-4-14-31-27-16-22-17(2)28-29(3)24(22)33-21-11-9-20(10-12-21)32-19-7-5-18(6-8-19)30-15-13-23(25)26/h1,5-13,16H,14-15H2,2-3H3/b27-16+. The van der Waals surface area contributed by atoms with Crippen molar-refractivity contribution in [2.24, 2.45) is 12.2 Å². The van der Waals surface area contributed by atoms with Crippen LogP contribution in [0.15, 0.2) is 64.3 Å². The highest BCUT2D eigenvalue weighted by molar-refractivity contribution is 6.55. The highest BCUT2D eigenvalue weighted by Gasteiger charge is 2.14. The van der Waals surface area contributed by atoms with Crippen LogP contribution < -0.4 is 14.2 Å². The number of hydrogen-bond acceptors (Lipinski definition) is 6. The van der Waals surface area contributed by atoms with Crippen LogP contribution in [0.1, 0.15) is 11.3 Å². The van der Waals surface area contributed by atoms with Crippen molar-refractivity contribution >= 4 is 29.4 Å². The second-order valence-electron chi connectivity index (χ2n) is 6.59. The van der Waals surface area contributed by atoms with E-state index in [-0.39, 0.29) is 17.7 Å². The average molecular weight is 486 g/mol. The van der Waals surface area contributed by atoms with Gasteiger partial charge in [0, 0.05) is 7.05 Å². The van der Waals surface area contributed by atoms with Crippen molar-refractivity contribution in [2.45, 2.75) is 6.92 Å². The molecule has 0 amide bonds. The number of terminal acetylenes is 1. The predicted octanol–water partition coefficient (Wildman–Crippen LogP) is 5.99. The van der Waals surface area contributed by atoms with Crippen LogP contribution in [0.2, 0.25) is 0 Å². The topological polar surface area (TPSA) is 67.1 Å². The summed E-state index contributed by atoms with van der Waals surface area (Å²) in [5, 5.41) is 8.22. The summed E-state index contributed by atoms with van der Waals surface area (Å²) in [4.78, 5) is 4.97. The van der Waals surface area contributed by atoms with Gasteiger partial charge in [-0.15, -0.1) is 6.42 Å². The van der Waals surface area contributed by atoms with Crippen LogP contribution >= 0.6 is 23.2 Å². The maximum absolute atomic E-state index is 6.01. The Bertz CT molecular complexity index is 1160. The zero-order valence-corrected chi connectivity index (χ0v) is 19.5. The van der Waals surface area contributed by atoms with Gasteiger partial charge >= 0.3 is 0 Å². The van der Waals surface area contributed by atoms with Crippen molar-refractivity contribution < 1.29 is 19.0 Å². The first-order chi connectivity index (χ1) is 16.0. The van der Waals surface area contributed by atoms with E-state index in [1.807, 2.05) is 6.92 Å². The van der Waals surface area contributed by atoms with Gasteiger partial charge in [-0.25, -0.2) is 4.68 Å². The minimum atomic E-state index is 0.0868. The van der Waals surface area contributed by atoms with Crippen LogP contribution in [0.25, 0.3) is 0 Å². The van der Waals surface area contributed by atoms with Gasteiger partial charge in [0.25, 0.3) is 0 Å². The number of hydrogen-bond donors (Lipinski definition) is 0. The summed E-state index contributed by atoms with van der Waals surface area (Å²) < 4.78 is 19.2. The smallest absolute Gasteiger partial charge is 0.226 e. The molecule has 3 rings (SSSR count). The quantitative estimate of drug-likeness (QED) is 0.152. The third kappa shape index (κ3) is 7.21. The van der Waals surface area contributed by atoms with E-state index < -0.39 is 0 Å². The van der Waals surface area contributed by atoms with Gasteiger partial charge in [-0.1, -0.05) is 34.3 Å². The molecule has 0 saturated carbocycles. The first-order valence-corrected chi connectivity index (χ1v) is 10.5. The number of benzene rings is 2. The van der Waals surface area contributed by atoms with Crippen LogP contribution in [0.3, 0.4) is 0 Å². The number of aromatic nitrogens is 2. The molecule has 2 aromatic carbocycles. The molecule has 170 valence electrons. The molecule has 0 atom stereocenters. The Kier molecular flexibility index (Phi) is 8.64. The SMILES string of the molecule is C#CCO/N=C/c1c(C)nn(C)c1Oc1ccc(Oc2ccc(OCC=C(Cl)Cl)cc2)cc1. The number of rotatable bonds is 10. The van der Waals surface area contributed by atoms with E-state index in [2.05, 4.69) is 16.2 Å². The second kappa shape index (κ2) is 11.9. The number of oxime groups is 1. The van der Waals surface area contributed by atoms with Gasteiger partial charge in [0.1, 0.15) is 34.1 Å². The first kappa shape index (κ1) is 24.1. The molecule has 0 bridgehead atoms. The van der Waals surface area contributed by atoms with E-state index in [1.165, 1.54) is 6.21 Å². The molecule has 1 heterocycles. The molecule has 0 aliphatic rings. The third-order valence-corrected chi connectivity index (χ3v) is 4.51. The molecule has 0 fully saturated rings. The molecule has 0 radical (unpaired) electrons. The maximum Gasteiger partial charge on any atom is 0.226 e. The number of halogens is 2. The molecule has 9 heteroatoms. The van der Waals surface area contributed by atoms with Gasteiger partial charge in [0.2, 0.25) is 5.88 Å².